The second-order valence-corrected chi connectivity index (χ2v) is 3.85. The molecule has 0 amide bonds. The van der Waals surface area contributed by atoms with E-state index in [4.69, 9.17) is 14.9 Å². The maximum Gasteiger partial charge on any atom is 0.134 e. The highest BCUT2D eigenvalue weighted by molar-refractivity contribution is 5.63. The van der Waals surface area contributed by atoms with Crippen LogP contribution in [-0.2, 0) is 0 Å². The van der Waals surface area contributed by atoms with Crippen LogP contribution < -0.4 is 0 Å². The molecule has 1 aromatic heterocycles. The maximum absolute atomic E-state index is 8.66. The first-order chi connectivity index (χ1) is 8.72. The Kier molecular flexibility index (Phi) is 3.27. The van der Waals surface area contributed by atoms with Crippen molar-refractivity contribution in [1.82, 2.24) is 0 Å². The molecule has 0 aliphatic carbocycles. The predicted molar refractivity (Wildman–Crippen MR) is 68.1 cm³/mol. The van der Waals surface area contributed by atoms with E-state index in [0.717, 1.165) is 11.3 Å². The molecule has 1 heterocycles. The molecular weight excluding hydrogens is 224 g/mol. The lowest BCUT2D eigenvalue weighted by atomic mass is 10.1. The van der Waals surface area contributed by atoms with Crippen LogP contribution in [0.5, 0.6) is 0 Å². The molecule has 2 aromatic rings. The number of hydrogen-bond acceptors (Lipinski definition) is 3. The number of benzene rings is 1. The molecular formula is C15H10N2O. The maximum atomic E-state index is 8.66. The fourth-order valence-corrected chi connectivity index (χ4v) is 1.54. The molecule has 3 nitrogen and oxygen atoms in total. The highest BCUT2D eigenvalue weighted by Crippen LogP contribution is 2.23. The molecule has 18 heavy (non-hydrogen) atoms. The summed E-state index contributed by atoms with van der Waals surface area (Å²) in [6.07, 6.45) is 1.43. The zero-order valence-corrected chi connectivity index (χ0v) is 9.84. The Bertz CT molecular complexity index is 648. The minimum Gasteiger partial charge on any atom is -0.457 e. The summed E-state index contributed by atoms with van der Waals surface area (Å²) in [5.74, 6) is 1.22. The second kappa shape index (κ2) is 5.03. The molecule has 0 bridgehead atoms. The predicted octanol–water partition coefficient (Wildman–Crippen LogP) is 3.69. The van der Waals surface area contributed by atoms with Gasteiger partial charge in [0.15, 0.2) is 0 Å². The summed E-state index contributed by atoms with van der Waals surface area (Å²) < 4.78 is 5.57. The van der Waals surface area contributed by atoms with Crippen LogP contribution in [0, 0.1) is 29.6 Å². The van der Waals surface area contributed by atoms with Crippen LogP contribution in [0.3, 0.4) is 0 Å². The molecule has 0 atom stereocenters. The van der Waals surface area contributed by atoms with Crippen LogP contribution in [0.2, 0.25) is 0 Å². The quantitative estimate of drug-likeness (QED) is 0.744. The van der Waals surface area contributed by atoms with Gasteiger partial charge < -0.3 is 4.42 Å². The van der Waals surface area contributed by atoms with Crippen molar-refractivity contribution in [1.29, 1.82) is 10.5 Å². The van der Waals surface area contributed by atoms with Crippen LogP contribution in [0.1, 0.15) is 11.3 Å². The molecule has 0 spiro atoms. The summed E-state index contributed by atoms with van der Waals surface area (Å²) in [6.45, 7) is 2.02. The number of nitriles is 2. The topological polar surface area (TPSA) is 60.7 Å². The lowest BCUT2D eigenvalue weighted by Gasteiger charge is -1.97. The SMILES string of the molecule is Cc1ccc(-c2ccc(C=C(C#N)C#N)o2)cc1. The van der Waals surface area contributed by atoms with E-state index in [2.05, 4.69) is 0 Å². The molecule has 0 unspecified atom stereocenters. The van der Waals surface area contributed by atoms with Gasteiger partial charge in [-0.15, -0.1) is 0 Å². The summed E-state index contributed by atoms with van der Waals surface area (Å²) in [5.41, 5.74) is 2.18. The molecule has 0 fully saturated rings. The lowest BCUT2D eigenvalue weighted by molar-refractivity contribution is 0.571. The Hall–Kier alpha value is -2.78. The van der Waals surface area contributed by atoms with Gasteiger partial charge in [0.05, 0.1) is 0 Å². The number of nitrogens with zero attached hydrogens (tertiary/aromatic N) is 2. The second-order valence-electron chi connectivity index (χ2n) is 3.85. The van der Waals surface area contributed by atoms with Gasteiger partial charge in [-0.2, -0.15) is 10.5 Å². The fourth-order valence-electron chi connectivity index (χ4n) is 1.54. The van der Waals surface area contributed by atoms with Crippen LogP contribution >= 0.6 is 0 Å². The third-order valence-electron chi connectivity index (χ3n) is 2.49. The zero-order chi connectivity index (χ0) is 13.0. The summed E-state index contributed by atoms with van der Waals surface area (Å²) in [4.78, 5) is 0. The molecule has 0 N–H and O–H groups in total. The third kappa shape index (κ3) is 2.48. The molecule has 0 saturated heterocycles. The average molecular weight is 234 g/mol. The smallest absolute Gasteiger partial charge is 0.134 e. The molecule has 86 valence electrons. The number of rotatable bonds is 2. The van der Waals surface area contributed by atoms with E-state index in [1.807, 2.05) is 37.3 Å². The van der Waals surface area contributed by atoms with Gasteiger partial charge in [-0.3, -0.25) is 0 Å². The Labute approximate surface area is 105 Å². The number of allylic oxidation sites excluding steroid dienone is 1. The molecule has 3 heteroatoms. The van der Waals surface area contributed by atoms with E-state index >= 15 is 0 Å². The summed E-state index contributed by atoms with van der Waals surface area (Å²) >= 11 is 0. The van der Waals surface area contributed by atoms with Crippen molar-refractivity contribution in [3.8, 4) is 23.5 Å². The van der Waals surface area contributed by atoms with Crippen molar-refractivity contribution in [3.05, 3.63) is 53.3 Å². The van der Waals surface area contributed by atoms with Gasteiger partial charge in [0.2, 0.25) is 0 Å². The van der Waals surface area contributed by atoms with Gasteiger partial charge in [-0.1, -0.05) is 29.8 Å². The van der Waals surface area contributed by atoms with Crippen molar-refractivity contribution in [2.75, 3.05) is 0 Å². The monoisotopic (exact) mass is 234 g/mol. The van der Waals surface area contributed by atoms with Crippen LogP contribution in [0.15, 0.2) is 46.4 Å². The van der Waals surface area contributed by atoms with Crippen LogP contribution in [-0.4, -0.2) is 0 Å². The van der Waals surface area contributed by atoms with E-state index in [0.29, 0.717) is 5.76 Å². The Morgan fingerprint density at radius 1 is 1.06 bits per heavy atom. The van der Waals surface area contributed by atoms with Crippen molar-refractivity contribution in [2.45, 2.75) is 6.92 Å². The Morgan fingerprint density at radius 2 is 1.72 bits per heavy atom. The van der Waals surface area contributed by atoms with Gasteiger partial charge in [-0.05, 0) is 19.1 Å². The Morgan fingerprint density at radius 3 is 2.33 bits per heavy atom. The first kappa shape index (κ1) is 11.7. The first-order valence-electron chi connectivity index (χ1n) is 5.41. The van der Waals surface area contributed by atoms with Crippen molar-refractivity contribution >= 4 is 6.08 Å². The molecule has 0 aliphatic rings. The Balaban J connectivity index is 2.32. The number of hydrogen-bond donors (Lipinski definition) is 0. The van der Waals surface area contributed by atoms with E-state index in [-0.39, 0.29) is 5.57 Å². The van der Waals surface area contributed by atoms with Crippen molar-refractivity contribution in [3.63, 3.8) is 0 Å². The van der Waals surface area contributed by atoms with Crippen LogP contribution in [0.4, 0.5) is 0 Å². The largest absolute Gasteiger partial charge is 0.457 e. The zero-order valence-electron chi connectivity index (χ0n) is 9.84. The van der Waals surface area contributed by atoms with Crippen LogP contribution in [0.25, 0.3) is 17.4 Å². The van der Waals surface area contributed by atoms with Gasteiger partial charge in [0, 0.05) is 11.6 Å². The van der Waals surface area contributed by atoms with Crippen molar-refractivity contribution < 1.29 is 4.42 Å². The molecule has 0 aliphatic heterocycles. The standard InChI is InChI=1S/C15H10N2O/c1-11-2-4-13(5-3-11)15-7-6-14(18-15)8-12(9-16)10-17/h2-8H,1H3. The van der Waals surface area contributed by atoms with Gasteiger partial charge in [0.1, 0.15) is 29.2 Å². The van der Waals surface area contributed by atoms with Crippen molar-refractivity contribution in [2.24, 2.45) is 0 Å². The van der Waals surface area contributed by atoms with E-state index in [1.165, 1.54) is 11.6 Å². The third-order valence-corrected chi connectivity index (χ3v) is 2.49. The minimum absolute atomic E-state index is 0.0276. The fraction of sp³-hybridized carbons (Fsp3) is 0.0667. The van der Waals surface area contributed by atoms with E-state index in [9.17, 15) is 0 Å². The molecule has 0 saturated carbocycles. The van der Waals surface area contributed by atoms with Gasteiger partial charge in [-0.25, -0.2) is 0 Å². The number of aryl methyl sites for hydroxylation is 1. The molecule has 0 radical (unpaired) electrons. The first-order valence-corrected chi connectivity index (χ1v) is 5.41. The van der Waals surface area contributed by atoms with Gasteiger partial charge >= 0.3 is 0 Å². The van der Waals surface area contributed by atoms with Gasteiger partial charge in [0.25, 0.3) is 0 Å². The lowest BCUT2D eigenvalue weighted by Crippen LogP contribution is -1.75. The molecule has 1 aromatic carbocycles. The van der Waals surface area contributed by atoms with E-state index < -0.39 is 0 Å². The normalized spacial score (nSPS) is 9.28. The summed E-state index contributed by atoms with van der Waals surface area (Å²) in [6, 6.07) is 15.1. The number of furan rings is 1. The highest BCUT2D eigenvalue weighted by Gasteiger charge is 2.04. The van der Waals surface area contributed by atoms with E-state index in [1.54, 1.807) is 18.2 Å². The molecule has 2 rings (SSSR count). The summed E-state index contributed by atoms with van der Waals surface area (Å²) in [5, 5.41) is 17.3. The summed E-state index contributed by atoms with van der Waals surface area (Å²) in [7, 11) is 0. The highest BCUT2D eigenvalue weighted by atomic mass is 16.3. The minimum atomic E-state index is 0.0276. The average Bonchev–Trinajstić information content (AvgIpc) is 2.85.